The number of carbonyl (C=O) groups is 1. The van der Waals surface area contributed by atoms with Crippen LogP contribution in [0, 0.1) is 0 Å². The third-order valence-electron chi connectivity index (χ3n) is 3.00. The van der Waals surface area contributed by atoms with Gasteiger partial charge in [0.2, 0.25) is 0 Å². The van der Waals surface area contributed by atoms with Gasteiger partial charge >= 0.3 is 0 Å². The smallest absolute Gasteiger partial charge is 0.142 e. The quantitative estimate of drug-likeness (QED) is 0.302. The Morgan fingerprint density at radius 2 is 1.52 bits per heavy atom. The van der Waals surface area contributed by atoms with Gasteiger partial charge in [0.1, 0.15) is 5.83 Å². The van der Waals surface area contributed by atoms with E-state index >= 15 is 0 Å². The van der Waals surface area contributed by atoms with Crippen molar-refractivity contribution in [2.45, 2.75) is 64.7 Å². The maximum atomic E-state index is 13.2. The molecule has 0 heterocycles. The Morgan fingerprint density at radius 1 is 0.952 bits per heavy atom. The van der Waals surface area contributed by atoms with Crippen molar-refractivity contribution in [1.29, 1.82) is 0 Å². The summed E-state index contributed by atoms with van der Waals surface area (Å²) in [6, 6.07) is 0. The average molecular weight is 299 g/mol. The summed E-state index contributed by atoms with van der Waals surface area (Å²) in [5, 5.41) is 10.1. The summed E-state index contributed by atoms with van der Waals surface area (Å²) in [7, 11) is 0. The van der Waals surface area contributed by atoms with E-state index in [-0.39, 0.29) is 6.42 Å². The number of halogens is 2. The summed E-state index contributed by atoms with van der Waals surface area (Å²) in [5.41, 5.74) is 0. The third kappa shape index (κ3) is 13.3. The minimum absolute atomic E-state index is 0.336. The number of hydrogen-bond acceptors (Lipinski definition) is 2. The fraction of sp³-hybridized carbons (Fsp3) is 0.588. The molecular weight excluding hydrogens is 274 g/mol. The van der Waals surface area contributed by atoms with Gasteiger partial charge in [-0.3, -0.25) is 0 Å². The van der Waals surface area contributed by atoms with E-state index < -0.39 is 17.6 Å². The van der Waals surface area contributed by atoms with Gasteiger partial charge < -0.3 is 9.90 Å². The summed E-state index contributed by atoms with van der Waals surface area (Å²) in [5.74, 6) is -3.85. The Balaban J connectivity index is 3.62. The molecule has 0 fully saturated rings. The fourth-order valence-corrected chi connectivity index (χ4v) is 1.77. The highest BCUT2D eigenvalue weighted by molar-refractivity contribution is 5.81. The molecule has 0 N–H and O–H groups in total. The van der Waals surface area contributed by atoms with Crippen molar-refractivity contribution in [3.63, 3.8) is 0 Å². The molecular formula is C17H25F2O2-. The lowest BCUT2D eigenvalue weighted by atomic mass is 10.1. The zero-order valence-corrected chi connectivity index (χ0v) is 12.7. The summed E-state index contributed by atoms with van der Waals surface area (Å²) in [4.78, 5) is 10.1. The molecule has 0 unspecified atom stereocenters. The molecule has 0 bridgehead atoms. The predicted molar refractivity (Wildman–Crippen MR) is 79.8 cm³/mol. The molecule has 0 aliphatic heterocycles. The van der Waals surface area contributed by atoms with Gasteiger partial charge in [0.15, 0.2) is 0 Å². The van der Waals surface area contributed by atoms with E-state index in [4.69, 9.17) is 0 Å². The van der Waals surface area contributed by atoms with Gasteiger partial charge in [-0.15, -0.1) is 0 Å². The molecule has 0 saturated heterocycles. The molecule has 0 aromatic rings. The monoisotopic (exact) mass is 299 g/mol. The molecule has 0 saturated carbocycles. The van der Waals surface area contributed by atoms with Crippen molar-refractivity contribution >= 4 is 5.97 Å². The van der Waals surface area contributed by atoms with E-state index in [9.17, 15) is 18.7 Å². The zero-order chi connectivity index (χ0) is 15.9. The molecule has 0 aliphatic carbocycles. The van der Waals surface area contributed by atoms with E-state index in [2.05, 4.69) is 19.1 Å². The maximum absolute atomic E-state index is 13.2. The molecule has 0 rings (SSSR count). The standard InChI is InChI=1S/C17H26F2O2/c1-2-3-4-5-6-7-8-9-10-11-12-15(18)13-14-16(19)17(20)21/h6-7,12,14H,2-5,8-11,13H2,1H3,(H,20,21)/p-1. The first kappa shape index (κ1) is 19.6. The highest BCUT2D eigenvalue weighted by Crippen LogP contribution is 2.11. The number of unbranched alkanes of at least 4 members (excludes halogenated alkanes) is 6. The second kappa shape index (κ2) is 13.5. The number of allylic oxidation sites excluding steroid dienone is 5. The Labute approximate surface area is 126 Å². The largest absolute Gasteiger partial charge is 0.542 e. The highest BCUT2D eigenvalue weighted by Gasteiger charge is 1.97. The lowest BCUT2D eigenvalue weighted by Crippen LogP contribution is -2.22. The van der Waals surface area contributed by atoms with Crippen molar-refractivity contribution in [3.8, 4) is 0 Å². The van der Waals surface area contributed by atoms with Gasteiger partial charge in [-0.2, -0.15) is 0 Å². The van der Waals surface area contributed by atoms with E-state index in [1.165, 1.54) is 25.3 Å². The van der Waals surface area contributed by atoms with Crippen molar-refractivity contribution in [2.24, 2.45) is 0 Å². The number of aliphatic carboxylic acids is 1. The molecule has 21 heavy (non-hydrogen) atoms. The molecule has 2 nitrogen and oxygen atoms in total. The normalized spacial score (nSPS) is 13.1. The lowest BCUT2D eigenvalue weighted by Gasteiger charge is -1.97. The summed E-state index contributed by atoms with van der Waals surface area (Å²) < 4.78 is 25.7. The Kier molecular flexibility index (Phi) is 12.6. The summed E-state index contributed by atoms with van der Waals surface area (Å²) in [6.07, 6.45) is 14.3. The van der Waals surface area contributed by atoms with Crippen LogP contribution in [0.3, 0.4) is 0 Å². The van der Waals surface area contributed by atoms with Gasteiger partial charge in [0.05, 0.1) is 11.8 Å². The van der Waals surface area contributed by atoms with Crippen LogP contribution in [0.1, 0.15) is 64.7 Å². The number of carboxylic acids is 1. The van der Waals surface area contributed by atoms with Crippen LogP contribution < -0.4 is 5.11 Å². The zero-order valence-electron chi connectivity index (χ0n) is 12.7. The first-order chi connectivity index (χ1) is 10.1. The van der Waals surface area contributed by atoms with Gasteiger partial charge in [0, 0.05) is 6.42 Å². The van der Waals surface area contributed by atoms with E-state index in [0.29, 0.717) is 12.5 Å². The van der Waals surface area contributed by atoms with Crippen LogP contribution in [-0.4, -0.2) is 5.97 Å². The van der Waals surface area contributed by atoms with Crippen molar-refractivity contribution in [1.82, 2.24) is 0 Å². The fourth-order valence-electron chi connectivity index (χ4n) is 1.77. The molecule has 120 valence electrons. The van der Waals surface area contributed by atoms with E-state index in [1.807, 2.05) is 0 Å². The topological polar surface area (TPSA) is 40.1 Å². The minimum Gasteiger partial charge on any atom is -0.542 e. The minimum atomic E-state index is -1.91. The van der Waals surface area contributed by atoms with Crippen LogP contribution in [0.4, 0.5) is 8.78 Å². The van der Waals surface area contributed by atoms with Crippen LogP contribution in [0.5, 0.6) is 0 Å². The Hall–Kier alpha value is -1.45. The van der Waals surface area contributed by atoms with Gasteiger partial charge in [0.25, 0.3) is 0 Å². The molecule has 0 amide bonds. The maximum Gasteiger partial charge on any atom is 0.142 e. The SMILES string of the molecule is CCCCCC=CCCCCC=C(F)CC=C(F)C(=O)[O-]. The van der Waals surface area contributed by atoms with Crippen LogP contribution in [0.2, 0.25) is 0 Å². The van der Waals surface area contributed by atoms with Crippen LogP contribution in [-0.2, 0) is 4.79 Å². The van der Waals surface area contributed by atoms with Crippen LogP contribution >= 0.6 is 0 Å². The van der Waals surface area contributed by atoms with E-state index in [0.717, 1.165) is 25.7 Å². The molecule has 4 heteroatoms. The van der Waals surface area contributed by atoms with Gasteiger partial charge in [-0.25, -0.2) is 8.78 Å². The number of carboxylic acid groups (broad SMARTS) is 1. The van der Waals surface area contributed by atoms with Crippen LogP contribution in [0.15, 0.2) is 36.0 Å². The molecule has 0 aliphatic rings. The van der Waals surface area contributed by atoms with Gasteiger partial charge in [-0.05, 0) is 44.6 Å². The van der Waals surface area contributed by atoms with E-state index in [1.54, 1.807) is 0 Å². The summed E-state index contributed by atoms with van der Waals surface area (Å²) >= 11 is 0. The first-order valence-corrected chi connectivity index (χ1v) is 7.64. The Bertz CT molecular complexity index is 371. The molecule has 0 aromatic carbocycles. The van der Waals surface area contributed by atoms with Crippen molar-refractivity contribution < 1.29 is 18.7 Å². The molecule has 0 spiro atoms. The highest BCUT2D eigenvalue weighted by atomic mass is 19.1. The Morgan fingerprint density at radius 3 is 2.10 bits per heavy atom. The second-order valence-electron chi connectivity index (χ2n) is 4.95. The molecule has 0 radical (unpaired) electrons. The summed E-state index contributed by atoms with van der Waals surface area (Å²) in [6.45, 7) is 2.18. The lowest BCUT2D eigenvalue weighted by molar-refractivity contribution is -0.301. The van der Waals surface area contributed by atoms with Crippen LogP contribution in [0.25, 0.3) is 0 Å². The van der Waals surface area contributed by atoms with Crippen molar-refractivity contribution in [2.75, 3.05) is 0 Å². The second-order valence-corrected chi connectivity index (χ2v) is 4.95. The number of hydrogen-bond donors (Lipinski definition) is 0. The average Bonchev–Trinajstić information content (AvgIpc) is 2.46. The van der Waals surface area contributed by atoms with Gasteiger partial charge in [-0.1, -0.05) is 38.0 Å². The molecule has 0 atom stereocenters. The predicted octanol–water partition coefficient (Wildman–Crippen LogP) is 4.53. The number of rotatable bonds is 12. The first-order valence-electron chi connectivity index (χ1n) is 7.64. The number of carbonyl (C=O) groups excluding carboxylic acids is 1. The van der Waals surface area contributed by atoms with Crippen molar-refractivity contribution in [3.05, 3.63) is 36.0 Å². The third-order valence-corrected chi connectivity index (χ3v) is 3.00. The molecule has 0 aromatic heterocycles.